The number of hydrogen-bond donors (Lipinski definition) is 2. The van der Waals surface area contributed by atoms with Crippen LogP contribution in [0.2, 0.25) is 0 Å². The molecule has 2 aromatic carbocycles. The van der Waals surface area contributed by atoms with Crippen LogP contribution in [0.3, 0.4) is 0 Å². The molecule has 0 saturated carbocycles. The second kappa shape index (κ2) is 5.67. The summed E-state index contributed by atoms with van der Waals surface area (Å²) in [5.41, 5.74) is 2.20. The quantitative estimate of drug-likeness (QED) is 0.711. The number of para-hydroxylation sites is 1. The molecule has 0 spiro atoms. The molecule has 21 heavy (non-hydrogen) atoms. The Kier molecular flexibility index (Phi) is 3.72. The lowest BCUT2D eigenvalue weighted by Crippen LogP contribution is -2.12. The zero-order valence-corrected chi connectivity index (χ0v) is 12.8. The third-order valence-electron chi connectivity index (χ3n) is 3.03. The summed E-state index contributed by atoms with van der Waals surface area (Å²) in [5, 5.41) is 2.87. The number of anilines is 1. The van der Waals surface area contributed by atoms with E-state index in [1.54, 1.807) is 25.3 Å². The third kappa shape index (κ3) is 2.81. The van der Waals surface area contributed by atoms with E-state index in [1.807, 2.05) is 24.3 Å². The number of H-pyrrole nitrogens is 1. The Hall–Kier alpha value is -2.18. The minimum absolute atomic E-state index is 0.203. The number of carbonyl (C=O) groups excluding carboxylic acids is 1. The van der Waals surface area contributed by atoms with Crippen molar-refractivity contribution < 1.29 is 9.53 Å². The summed E-state index contributed by atoms with van der Waals surface area (Å²) < 4.78 is 6.93. The van der Waals surface area contributed by atoms with E-state index in [-0.39, 0.29) is 5.91 Å². The molecule has 0 bridgehead atoms. The molecule has 0 aliphatic carbocycles. The smallest absolute Gasteiger partial charge is 0.259 e. The molecule has 0 saturated heterocycles. The molecule has 0 aliphatic heterocycles. The number of aromatic amines is 1. The average molecular weight is 316 g/mol. The molecule has 1 amide bonds. The van der Waals surface area contributed by atoms with Gasteiger partial charge in [-0.3, -0.25) is 4.79 Å². The Morgan fingerprint density at radius 3 is 2.90 bits per heavy atom. The van der Waals surface area contributed by atoms with Crippen LogP contribution in [0.1, 0.15) is 10.4 Å². The van der Waals surface area contributed by atoms with E-state index in [4.69, 9.17) is 17.0 Å². The average Bonchev–Trinajstić information content (AvgIpc) is 2.86. The number of aromatic nitrogens is 1. The Morgan fingerprint density at radius 1 is 1.29 bits per heavy atom. The van der Waals surface area contributed by atoms with E-state index in [1.165, 1.54) is 11.3 Å². The second-order valence-electron chi connectivity index (χ2n) is 4.38. The molecule has 1 heterocycles. The van der Waals surface area contributed by atoms with Crippen LogP contribution in [-0.4, -0.2) is 18.0 Å². The van der Waals surface area contributed by atoms with Crippen molar-refractivity contribution in [2.75, 3.05) is 12.4 Å². The number of thiazole rings is 1. The molecule has 0 fully saturated rings. The zero-order valence-electron chi connectivity index (χ0n) is 11.2. The summed E-state index contributed by atoms with van der Waals surface area (Å²) in [6, 6.07) is 12.8. The first kappa shape index (κ1) is 13.8. The van der Waals surface area contributed by atoms with E-state index in [9.17, 15) is 4.79 Å². The molecule has 0 unspecified atom stereocenters. The highest BCUT2D eigenvalue weighted by atomic mass is 32.1. The highest BCUT2D eigenvalue weighted by Crippen LogP contribution is 2.24. The molecule has 0 aliphatic rings. The first-order chi connectivity index (χ1) is 10.2. The summed E-state index contributed by atoms with van der Waals surface area (Å²) >= 11 is 6.59. The summed E-state index contributed by atoms with van der Waals surface area (Å²) in [6.45, 7) is 0. The van der Waals surface area contributed by atoms with Gasteiger partial charge in [-0.2, -0.15) is 0 Å². The van der Waals surface area contributed by atoms with Gasteiger partial charge < -0.3 is 15.0 Å². The standard InChI is InChI=1S/C15H12N2O2S2/c1-19-12-5-3-2-4-10(12)14(18)16-9-6-7-11-13(8-9)21-15(20)17-11/h2-8H,1H3,(H,16,18)(H,17,20). The molecule has 0 atom stereocenters. The zero-order chi connectivity index (χ0) is 14.8. The molecule has 106 valence electrons. The van der Waals surface area contributed by atoms with Crippen molar-refractivity contribution in [1.29, 1.82) is 0 Å². The fourth-order valence-electron chi connectivity index (χ4n) is 2.05. The molecule has 3 rings (SSSR count). The van der Waals surface area contributed by atoms with Gasteiger partial charge >= 0.3 is 0 Å². The second-order valence-corrected chi connectivity index (χ2v) is 6.10. The summed E-state index contributed by atoms with van der Waals surface area (Å²) in [4.78, 5) is 15.4. The number of methoxy groups -OCH3 is 1. The summed E-state index contributed by atoms with van der Waals surface area (Å²) in [5.74, 6) is 0.347. The predicted molar refractivity (Wildman–Crippen MR) is 88.0 cm³/mol. The van der Waals surface area contributed by atoms with E-state index >= 15 is 0 Å². The molecule has 1 aromatic heterocycles. The Labute approximate surface area is 130 Å². The molecular formula is C15H12N2O2S2. The number of nitrogens with one attached hydrogen (secondary N) is 2. The molecule has 0 radical (unpaired) electrons. The predicted octanol–water partition coefficient (Wildman–Crippen LogP) is 4.22. The lowest BCUT2D eigenvalue weighted by molar-refractivity contribution is 0.102. The van der Waals surface area contributed by atoms with Crippen molar-refractivity contribution in [3.63, 3.8) is 0 Å². The van der Waals surface area contributed by atoms with E-state index in [0.29, 0.717) is 11.3 Å². The van der Waals surface area contributed by atoms with Gasteiger partial charge in [-0.25, -0.2) is 0 Å². The maximum Gasteiger partial charge on any atom is 0.259 e. The van der Waals surface area contributed by atoms with Gasteiger partial charge in [0.2, 0.25) is 0 Å². The van der Waals surface area contributed by atoms with E-state index in [0.717, 1.165) is 19.9 Å². The number of carbonyl (C=O) groups is 1. The number of hydrogen-bond acceptors (Lipinski definition) is 4. The number of ether oxygens (including phenoxy) is 1. The van der Waals surface area contributed by atoms with Crippen LogP contribution in [0.15, 0.2) is 42.5 Å². The van der Waals surface area contributed by atoms with Gasteiger partial charge in [-0.05, 0) is 42.5 Å². The van der Waals surface area contributed by atoms with E-state index in [2.05, 4.69) is 10.3 Å². The van der Waals surface area contributed by atoms with Crippen LogP contribution in [0.5, 0.6) is 5.75 Å². The van der Waals surface area contributed by atoms with Crippen molar-refractivity contribution in [3.05, 3.63) is 52.0 Å². The van der Waals surface area contributed by atoms with Crippen molar-refractivity contribution in [1.82, 2.24) is 4.98 Å². The monoisotopic (exact) mass is 316 g/mol. The van der Waals surface area contributed by atoms with Crippen molar-refractivity contribution in [2.24, 2.45) is 0 Å². The molecule has 2 N–H and O–H groups in total. The molecular weight excluding hydrogens is 304 g/mol. The van der Waals surface area contributed by atoms with Crippen molar-refractivity contribution >= 4 is 45.4 Å². The fraction of sp³-hybridized carbons (Fsp3) is 0.0667. The molecule has 4 nitrogen and oxygen atoms in total. The van der Waals surface area contributed by atoms with Gasteiger partial charge in [0.1, 0.15) is 5.75 Å². The molecule has 3 aromatic rings. The minimum atomic E-state index is -0.203. The van der Waals surface area contributed by atoms with Gasteiger partial charge in [0, 0.05) is 5.69 Å². The molecule has 6 heteroatoms. The van der Waals surface area contributed by atoms with Crippen molar-refractivity contribution in [2.45, 2.75) is 0 Å². The lowest BCUT2D eigenvalue weighted by atomic mass is 10.2. The maximum atomic E-state index is 12.3. The largest absolute Gasteiger partial charge is 0.496 e. The van der Waals surface area contributed by atoms with Crippen LogP contribution in [0.25, 0.3) is 10.2 Å². The Morgan fingerprint density at radius 2 is 2.10 bits per heavy atom. The number of benzene rings is 2. The lowest BCUT2D eigenvalue weighted by Gasteiger charge is -2.09. The number of amides is 1. The number of fused-ring (bicyclic) bond motifs is 1. The highest BCUT2D eigenvalue weighted by Gasteiger charge is 2.11. The normalized spacial score (nSPS) is 10.5. The minimum Gasteiger partial charge on any atom is -0.496 e. The topological polar surface area (TPSA) is 54.1 Å². The third-order valence-corrected chi connectivity index (χ3v) is 4.23. The van der Waals surface area contributed by atoms with E-state index < -0.39 is 0 Å². The SMILES string of the molecule is COc1ccccc1C(=O)Nc1ccc2[nH]c(=S)sc2c1. The number of rotatable bonds is 3. The first-order valence-electron chi connectivity index (χ1n) is 6.24. The van der Waals surface area contributed by atoms with Gasteiger partial charge in [0.15, 0.2) is 3.95 Å². The van der Waals surface area contributed by atoms with Crippen LogP contribution < -0.4 is 10.1 Å². The van der Waals surface area contributed by atoms with Gasteiger partial charge in [-0.15, -0.1) is 11.3 Å². The van der Waals surface area contributed by atoms with Gasteiger partial charge in [0.25, 0.3) is 5.91 Å². The van der Waals surface area contributed by atoms with Crippen molar-refractivity contribution in [3.8, 4) is 5.75 Å². The summed E-state index contributed by atoms with van der Waals surface area (Å²) in [6.07, 6.45) is 0. The highest BCUT2D eigenvalue weighted by molar-refractivity contribution is 7.73. The first-order valence-corrected chi connectivity index (χ1v) is 7.47. The van der Waals surface area contributed by atoms with Crippen LogP contribution in [-0.2, 0) is 0 Å². The Balaban J connectivity index is 1.90. The van der Waals surface area contributed by atoms with Gasteiger partial charge in [0.05, 0.1) is 22.9 Å². The van der Waals surface area contributed by atoms with Gasteiger partial charge in [-0.1, -0.05) is 12.1 Å². The van der Waals surface area contributed by atoms with Crippen LogP contribution >= 0.6 is 23.6 Å². The maximum absolute atomic E-state index is 12.3. The Bertz CT molecular complexity index is 867. The van der Waals surface area contributed by atoms with Crippen LogP contribution in [0, 0.1) is 3.95 Å². The van der Waals surface area contributed by atoms with Crippen LogP contribution in [0.4, 0.5) is 5.69 Å². The summed E-state index contributed by atoms with van der Waals surface area (Å²) in [7, 11) is 1.55. The fourth-order valence-corrected chi connectivity index (χ4v) is 3.21.